The maximum Gasteiger partial charge on any atom is 0.329 e. The first-order valence-corrected chi connectivity index (χ1v) is 5.90. The molecule has 6 nitrogen and oxygen atoms in total. The van der Waals surface area contributed by atoms with Gasteiger partial charge in [0.2, 0.25) is 5.75 Å². The Morgan fingerprint density at radius 2 is 1.85 bits per heavy atom. The molecular formula is C13H9ClN2O4. The second kappa shape index (κ2) is 5.58. The SMILES string of the molecule is O=C(Nc1ccccc1)c1ccc(Cl)c([N+](=O)[O-])c1O. The van der Waals surface area contributed by atoms with Crippen LogP contribution in [0.2, 0.25) is 5.02 Å². The number of halogens is 1. The molecule has 0 unspecified atom stereocenters. The highest BCUT2D eigenvalue weighted by atomic mass is 35.5. The average molecular weight is 293 g/mol. The van der Waals surface area contributed by atoms with Crippen LogP contribution >= 0.6 is 11.6 Å². The molecule has 0 heterocycles. The molecule has 0 aromatic heterocycles. The Balaban J connectivity index is 2.36. The summed E-state index contributed by atoms with van der Waals surface area (Å²) in [6, 6.07) is 10.9. The zero-order valence-electron chi connectivity index (χ0n) is 10.0. The number of nitrogens with one attached hydrogen (secondary N) is 1. The molecule has 0 spiro atoms. The number of rotatable bonds is 3. The lowest BCUT2D eigenvalue weighted by molar-refractivity contribution is -0.385. The maximum atomic E-state index is 12.0. The van der Waals surface area contributed by atoms with Crippen LogP contribution in [0.1, 0.15) is 10.4 Å². The van der Waals surface area contributed by atoms with E-state index in [0.29, 0.717) is 5.69 Å². The molecule has 0 atom stereocenters. The van der Waals surface area contributed by atoms with Crippen LogP contribution in [0.25, 0.3) is 0 Å². The summed E-state index contributed by atoms with van der Waals surface area (Å²) in [5, 5.41) is 22.9. The van der Waals surface area contributed by atoms with Gasteiger partial charge in [0.05, 0.1) is 10.5 Å². The zero-order valence-corrected chi connectivity index (χ0v) is 10.8. The van der Waals surface area contributed by atoms with Crippen molar-refractivity contribution in [3.8, 4) is 5.75 Å². The fourth-order valence-electron chi connectivity index (χ4n) is 1.63. The van der Waals surface area contributed by atoms with E-state index in [1.807, 2.05) is 0 Å². The summed E-state index contributed by atoms with van der Waals surface area (Å²) in [6.07, 6.45) is 0. The molecule has 0 bridgehead atoms. The minimum Gasteiger partial charge on any atom is -0.501 e. The third kappa shape index (κ3) is 2.70. The Morgan fingerprint density at radius 3 is 2.45 bits per heavy atom. The molecule has 20 heavy (non-hydrogen) atoms. The monoisotopic (exact) mass is 292 g/mol. The fourth-order valence-corrected chi connectivity index (χ4v) is 1.85. The van der Waals surface area contributed by atoms with Gasteiger partial charge in [0.25, 0.3) is 5.91 Å². The predicted octanol–water partition coefficient (Wildman–Crippen LogP) is 3.21. The number of nitro groups is 1. The van der Waals surface area contributed by atoms with Gasteiger partial charge in [0, 0.05) is 5.69 Å². The molecule has 0 fully saturated rings. The zero-order chi connectivity index (χ0) is 14.7. The molecule has 2 aromatic rings. The first kappa shape index (κ1) is 13.8. The highest BCUT2D eigenvalue weighted by molar-refractivity contribution is 6.33. The number of anilines is 1. The van der Waals surface area contributed by atoms with Gasteiger partial charge < -0.3 is 10.4 Å². The molecule has 0 radical (unpaired) electrons. The van der Waals surface area contributed by atoms with E-state index in [-0.39, 0.29) is 10.6 Å². The number of nitrogens with zero attached hydrogens (tertiary/aromatic N) is 1. The van der Waals surface area contributed by atoms with E-state index in [2.05, 4.69) is 5.32 Å². The van der Waals surface area contributed by atoms with Gasteiger partial charge in [-0.2, -0.15) is 0 Å². The van der Waals surface area contributed by atoms with Crippen molar-refractivity contribution in [2.45, 2.75) is 0 Å². The number of hydrogen-bond donors (Lipinski definition) is 2. The second-order valence-corrected chi connectivity index (χ2v) is 4.28. The van der Waals surface area contributed by atoms with Crippen LogP contribution in [0.3, 0.4) is 0 Å². The highest BCUT2D eigenvalue weighted by Gasteiger charge is 2.25. The van der Waals surface area contributed by atoms with Crippen molar-refractivity contribution in [2.24, 2.45) is 0 Å². The van der Waals surface area contributed by atoms with Crippen molar-refractivity contribution < 1.29 is 14.8 Å². The highest BCUT2D eigenvalue weighted by Crippen LogP contribution is 2.36. The molecule has 0 aliphatic heterocycles. The van der Waals surface area contributed by atoms with Gasteiger partial charge in [0.15, 0.2) is 0 Å². The fraction of sp³-hybridized carbons (Fsp3) is 0. The van der Waals surface area contributed by atoms with Crippen molar-refractivity contribution in [1.29, 1.82) is 0 Å². The molecule has 2 aromatic carbocycles. The van der Waals surface area contributed by atoms with E-state index < -0.39 is 22.3 Å². The Hall–Kier alpha value is -2.60. The normalized spacial score (nSPS) is 10.1. The molecule has 0 saturated heterocycles. The van der Waals surface area contributed by atoms with Gasteiger partial charge in [-0.3, -0.25) is 14.9 Å². The lowest BCUT2D eigenvalue weighted by Gasteiger charge is -2.07. The van der Waals surface area contributed by atoms with Crippen LogP contribution in [-0.2, 0) is 0 Å². The molecule has 2 N–H and O–H groups in total. The van der Waals surface area contributed by atoms with Crippen molar-refractivity contribution in [2.75, 3.05) is 5.32 Å². The third-order valence-corrected chi connectivity index (χ3v) is 2.87. The summed E-state index contributed by atoms with van der Waals surface area (Å²) in [5.74, 6) is -1.41. The van der Waals surface area contributed by atoms with E-state index in [1.165, 1.54) is 12.1 Å². The summed E-state index contributed by atoms with van der Waals surface area (Å²) in [5.41, 5.74) is -0.396. The molecule has 0 aliphatic carbocycles. The van der Waals surface area contributed by atoms with Crippen LogP contribution in [0, 0.1) is 10.1 Å². The van der Waals surface area contributed by atoms with E-state index in [1.54, 1.807) is 30.3 Å². The number of para-hydroxylation sites is 1. The van der Waals surface area contributed by atoms with E-state index >= 15 is 0 Å². The number of phenols is 1. The lowest BCUT2D eigenvalue weighted by Crippen LogP contribution is -2.12. The Labute approximate surface area is 118 Å². The van der Waals surface area contributed by atoms with Crippen molar-refractivity contribution in [3.05, 3.63) is 63.2 Å². The smallest absolute Gasteiger partial charge is 0.329 e. The number of amides is 1. The van der Waals surface area contributed by atoms with Gasteiger partial charge >= 0.3 is 5.69 Å². The second-order valence-electron chi connectivity index (χ2n) is 3.87. The van der Waals surface area contributed by atoms with Crippen LogP contribution in [0.4, 0.5) is 11.4 Å². The standard InChI is InChI=1S/C13H9ClN2O4/c14-10-7-6-9(12(17)11(10)16(19)20)13(18)15-8-4-2-1-3-5-8/h1-7,17H,(H,15,18). The topological polar surface area (TPSA) is 92.5 Å². The van der Waals surface area contributed by atoms with Crippen LogP contribution in [0.5, 0.6) is 5.75 Å². The lowest BCUT2D eigenvalue weighted by atomic mass is 10.1. The van der Waals surface area contributed by atoms with E-state index in [9.17, 15) is 20.0 Å². The van der Waals surface area contributed by atoms with Gasteiger partial charge in [-0.1, -0.05) is 29.8 Å². The summed E-state index contributed by atoms with van der Waals surface area (Å²) in [6.45, 7) is 0. The third-order valence-electron chi connectivity index (χ3n) is 2.56. The quantitative estimate of drug-likeness (QED) is 0.671. The number of benzene rings is 2. The maximum absolute atomic E-state index is 12.0. The largest absolute Gasteiger partial charge is 0.501 e. The molecule has 7 heteroatoms. The number of hydrogen-bond acceptors (Lipinski definition) is 4. The van der Waals surface area contributed by atoms with Crippen molar-refractivity contribution in [3.63, 3.8) is 0 Å². The first-order valence-electron chi connectivity index (χ1n) is 5.53. The Kier molecular flexibility index (Phi) is 3.86. The summed E-state index contributed by atoms with van der Waals surface area (Å²) < 4.78 is 0. The van der Waals surface area contributed by atoms with E-state index in [4.69, 9.17) is 11.6 Å². The minimum atomic E-state index is -0.836. The predicted molar refractivity (Wildman–Crippen MR) is 74.2 cm³/mol. The van der Waals surface area contributed by atoms with Gasteiger partial charge in [0.1, 0.15) is 5.02 Å². The Bertz CT molecular complexity index is 674. The van der Waals surface area contributed by atoms with Gasteiger partial charge in [-0.25, -0.2) is 0 Å². The summed E-state index contributed by atoms with van der Waals surface area (Å²) in [4.78, 5) is 22.0. The Morgan fingerprint density at radius 1 is 1.20 bits per heavy atom. The van der Waals surface area contributed by atoms with Crippen LogP contribution in [-0.4, -0.2) is 15.9 Å². The van der Waals surface area contributed by atoms with Crippen LogP contribution < -0.4 is 5.32 Å². The molecule has 2 rings (SSSR count). The van der Waals surface area contributed by atoms with E-state index in [0.717, 1.165) is 0 Å². The molecule has 102 valence electrons. The number of aromatic hydroxyl groups is 1. The summed E-state index contributed by atoms with van der Waals surface area (Å²) in [7, 11) is 0. The number of phenolic OH excluding ortho intramolecular Hbond substituents is 1. The minimum absolute atomic E-state index is 0.218. The van der Waals surface area contributed by atoms with Crippen LogP contribution in [0.15, 0.2) is 42.5 Å². The number of carbonyl (C=O) groups is 1. The molecular weight excluding hydrogens is 284 g/mol. The van der Waals surface area contributed by atoms with Gasteiger partial charge in [-0.15, -0.1) is 0 Å². The molecule has 0 saturated carbocycles. The molecule has 0 aliphatic rings. The average Bonchev–Trinajstić information content (AvgIpc) is 2.39. The molecule has 1 amide bonds. The number of carbonyl (C=O) groups excluding carboxylic acids is 1. The van der Waals surface area contributed by atoms with Crippen molar-refractivity contribution in [1.82, 2.24) is 0 Å². The van der Waals surface area contributed by atoms with Crippen molar-refractivity contribution >= 4 is 28.9 Å². The summed E-state index contributed by atoms with van der Waals surface area (Å²) >= 11 is 5.63. The van der Waals surface area contributed by atoms with Gasteiger partial charge in [-0.05, 0) is 24.3 Å². The number of nitro benzene ring substituents is 1. The first-order chi connectivity index (χ1) is 9.50.